The molecule has 0 fully saturated rings. The number of nitrogens with one attached hydrogen (secondary N) is 2. The summed E-state index contributed by atoms with van der Waals surface area (Å²) in [6.45, 7) is 4.03. The van der Waals surface area contributed by atoms with E-state index in [9.17, 15) is 14.0 Å². The van der Waals surface area contributed by atoms with Crippen molar-refractivity contribution in [3.63, 3.8) is 0 Å². The number of rotatable bonds is 9. The predicted octanol–water partition coefficient (Wildman–Crippen LogP) is 5.82. The number of carbonyl (C=O) groups excluding carboxylic acids is 2. The average Bonchev–Trinajstić information content (AvgIpc) is 3.32. The zero-order chi connectivity index (χ0) is 27.1. The number of urea groups is 1. The summed E-state index contributed by atoms with van der Waals surface area (Å²) in [7, 11) is 1.59. The minimum atomic E-state index is -0.493. The van der Waals surface area contributed by atoms with Gasteiger partial charge >= 0.3 is 6.03 Å². The molecule has 3 aromatic carbocycles. The van der Waals surface area contributed by atoms with Gasteiger partial charge < -0.3 is 20.3 Å². The molecule has 0 saturated heterocycles. The molecule has 0 unspecified atom stereocenters. The van der Waals surface area contributed by atoms with Crippen molar-refractivity contribution in [3.8, 4) is 22.7 Å². The Bertz CT molecular complexity index is 1390. The van der Waals surface area contributed by atoms with Crippen LogP contribution in [0.3, 0.4) is 0 Å². The van der Waals surface area contributed by atoms with Crippen LogP contribution in [-0.2, 0) is 4.79 Å². The Balaban J connectivity index is 1.57. The van der Waals surface area contributed by atoms with Crippen molar-refractivity contribution < 1.29 is 18.7 Å². The molecular weight excluding hydrogens is 485 g/mol. The van der Waals surface area contributed by atoms with E-state index in [4.69, 9.17) is 9.84 Å². The highest BCUT2D eigenvalue weighted by atomic mass is 19.1. The van der Waals surface area contributed by atoms with Gasteiger partial charge in [0.1, 0.15) is 23.9 Å². The van der Waals surface area contributed by atoms with Gasteiger partial charge in [0.25, 0.3) is 0 Å². The summed E-state index contributed by atoms with van der Waals surface area (Å²) in [5, 5.41) is 10.3. The maximum atomic E-state index is 13.6. The second-order valence-electron chi connectivity index (χ2n) is 9.15. The number of nitrogens with zero attached hydrogens (tertiary/aromatic N) is 3. The number of hydrogen-bond donors (Lipinski definition) is 2. The van der Waals surface area contributed by atoms with E-state index in [0.717, 1.165) is 11.3 Å². The maximum absolute atomic E-state index is 13.6. The molecule has 4 rings (SSSR count). The van der Waals surface area contributed by atoms with Crippen LogP contribution in [0.5, 0.6) is 5.75 Å². The molecule has 1 aromatic heterocycles. The summed E-state index contributed by atoms with van der Waals surface area (Å²) >= 11 is 0. The molecule has 0 bridgehead atoms. The van der Waals surface area contributed by atoms with Crippen molar-refractivity contribution in [3.05, 3.63) is 90.7 Å². The van der Waals surface area contributed by atoms with Crippen LogP contribution in [0.25, 0.3) is 16.9 Å². The fourth-order valence-corrected chi connectivity index (χ4v) is 3.92. The Kier molecular flexibility index (Phi) is 8.37. The third-order valence-corrected chi connectivity index (χ3v) is 5.65. The monoisotopic (exact) mass is 515 g/mol. The first-order valence-electron chi connectivity index (χ1n) is 12.2. The Morgan fingerprint density at radius 1 is 0.974 bits per heavy atom. The van der Waals surface area contributed by atoms with Crippen LogP contribution >= 0.6 is 0 Å². The van der Waals surface area contributed by atoms with Crippen molar-refractivity contribution in [1.82, 2.24) is 14.7 Å². The highest BCUT2D eigenvalue weighted by Crippen LogP contribution is 2.26. The van der Waals surface area contributed by atoms with Crippen molar-refractivity contribution in [2.24, 2.45) is 5.92 Å². The number of methoxy groups -OCH3 is 1. The summed E-state index contributed by atoms with van der Waals surface area (Å²) in [6.07, 6.45) is 0. The smallest absolute Gasteiger partial charge is 0.322 e. The molecule has 0 spiro atoms. The number of benzene rings is 3. The standard InChI is InChI=1S/C29H30FN5O3/c1-20(2)18-34(29(37)31-23-11-7-10-22(30)16-23)19-28(36)32-27-17-26(21-8-5-4-6-9-21)33-35(27)24-12-14-25(38-3)15-13-24/h4-17,20H,18-19H2,1-3H3,(H,31,37)(H,32,36). The number of hydrogen-bond acceptors (Lipinski definition) is 4. The van der Waals surface area contributed by atoms with Gasteiger partial charge in [0, 0.05) is 23.9 Å². The molecule has 8 nitrogen and oxygen atoms in total. The highest BCUT2D eigenvalue weighted by molar-refractivity contribution is 5.97. The zero-order valence-electron chi connectivity index (χ0n) is 21.5. The lowest BCUT2D eigenvalue weighted by atomic mass is 10.1. The molecule has 0 aliphatic rings. The summed E-state index contributed by atoms with van der Waals surface area (Å²) in [6, 6.07) is 23.9. The molecule has 196 valence electrons. The molecule has 38 heavy (non-hydrogen) atoms. The predicted molar refractivity (Wildman–Crippen MR) is 146 cm³/mol. The molecule has 0 atom stereocenters. The second-order valence-corrected chi connectivity index (χ2v) is 9.15. The number of carbonyl (C=O) groups is 2. The van der Waals surface area contributed by atoms with E-state index >= 15 is 0 Å². The molecule has 0 saturated carbocycles. The quantitative estimate of drug-likeness (QED) is 0.294. The van der Waals surface area contributed by atoms with Crippen LogP contribution in [0.1, 0.15) is 13.8 Å². The minimum Gasteiger partial charge on any atom is -0.497 e. The van der Waals surface area contributed by atoms with E-state index in [0.29, 0.717) is 29.5 Å². The number of anilines is 2. The topological polar surface area (TPSA) is 88.5 Å². The van der Waals surface area contributed by atoms with Gasteiger partial charge in [-0.15, -0.1) is 0 Å². The summed E-state index contributed by atoms with van der Waals surface area (Å²) in [5.41, 5.74) is 2.62. The van der Waals surface area contributed by atoms with Gasteiger partial charge in [0.2, 0.25) is 5.91 Å². The zero-order valence-corrected chi connectivity index (χ0v) is 21.5. The number of ether oxygens (including phenoxy) is 1. The molecule has 9 heteroatoms. The van der Waals surface area contributed by atoms with Gasteiger partial charge in [-0.1, -0.05) is 50.2 Å². The lowest BCUT2D eigenvalue weighted by molar-refractivity contribution is -0.116. The Hall–Kier alpha value is -4.66. The molecule has 1 heterocycles. The lowest BCUT2D eigenvalue weighted by Gasteiger charge is -2.24. The first kappa shape index (κ1) is 26.4. The molecular formula is C29H30FN5O3. The number of aromatic nitrogens is 2. The van der Waals surface area contributed by atoms with Crippen LogP contribution < -0.4 is 15.4 Å². The summed E-state index contributed by atoms with van der Waals surface area (Å²) in [4.78, 5) is 27.6. The molecule has 0 aliphatic carbocycles. The van der Waals surface area contributed by atoms with Crippen LogP contribution in [0.15, 0.2) is 84.9 Å². The molecule has 2 N–H and O–H groups in total. The largest absolute Gasteiger partial charge is 0.497 e. The maximum Gasteiger partial charge on any atom is 0.322 e. The fraction of sp³-hybridized carbons (Fsp3) is 0.207. The van der Waals surface area contributed by atoms with E-state index < -0.39 is 17.8 Å². The van der Waals surface area contributed by atoms with Crippen molar-refractivity contribution in [2.75, 3.05) is 30.8 Å². The van der Waals surface area contributed by atoms with Gasteiger partial charge in [-0.2, -0.15) is 5.10 Å². The van der Waals surface area contributed by atoms with Crippen LogP contribution in [0.2, 0.25) is 0 Å². The van der Waals surface area contributed by atoms with E-state index in [1.165, 1.54) is 23.1 Å². The molecule has 0 radical (unpaired) electrons. The number of halogens is 1. The number of amides is 3. The van der Waals surface area contributed by atoms with Crippen molar-refractivity contribution in [2.45, 2.75) is 13.8 Å². The van der Waals surface area contributed by atoms with E-state index in [1.54, 1.807) is 23.9 Å². The normalized spacial score (nSPS) is 10.8. The lowest BCUT2D eigenvalue weighted by Crippen LogP contribution is -2.42. The minimum absolute atomic E-state index is 0.107. The third kappa shape index (κ3) is 6.76. The first-order valence-corrected chi connectivity index (χ1v) is 12.2. The van der Waals surface area contributed by atoms with Gasteiger partial charge in [-0.3, -0.25) is 4.79 Å². The van der Waals surface area contributed by atoms with E-state index in [1.807, 2.05) is 68.4 Å². The molecule has 0 aliphatic heterocycles. The van der Waals surface area contributed by atoms with E-state index in [-0.39, 0.29) is 12.5 Å². The summed E-state index contributed by atoms with van der Waals surface area (Å²) < 4.78 is 20.5. The van der Waals surface area contributed by atoms with E-state index in [2.05, 4.69) is 10.6 Å². The molecule has 4 aromatic rings. The molecule has 3 amide bonds. The highest BCUT2D eigenvalue weighted by Gasteiger charge is 2.21. The average molecular weight is 516 g/mol. The fourth-order valence-electron chi connectivity index (χ4n) is 3.92. The van der Waals surface area contributed by atoms with Gasteiger partial charge in [-0.25, -0.2) is 13.9 Å². The van der Waals surface area contributed by atoms with Gasteiger partial charge in [0.05, 0.1) is 18.5 Å². The van der Waals surface area contributed by atoms with Crippen molar-refractivity contribution >= 4 is 23.4 Å². The Labute approximate surface area is 221 Å². The summed E-state index contributed by atoms with van der Waals surface area (Å²) in [5.74, 6) is 0.402. The van der Waals surface area contributed by atoms with Crippen molar-refractivity contribution in [1.29, 1.82) is 0 Å². The Morgan fingerprint density at radius 2 is 1.71 bits per heavy atom. The first-order chi connectivity index (χ1) is 18.3. The van der Waals surface area contributed by atoms with Crippen LogP contribution in [-0.4, -0.2) is 46.8 Å². The second kappa shape index (κ2) is 12.1. The van der Waals surface area contributed by atoms with Crippen LogP contribution in [0, 0.1) is 11.7 Å². The SMILES string of the molecule is COc1ccc(-n2nc(-c3ccccc3)cc2NC(=O)CN(CC(C)C)C(=O)Nc2cccc(F)c2)cc1. The Morgan fingerprint density at radius 3 is 2.37 bits per heavy atom. The van der Waals surface area contributed by atoms with Crippen LogP contribution in [0.4, 0.5) is 20.7 Å². The van der Waals surface area contributed by atoms with Gasteiger partial charge in [-0.05, 0) is 48.4 Å². The van der Waals surface area contributed by atoms with Gasteiger partial charge in [0.15, 0.2) is 0 Å². The third-order valence-electron chi connectivity index (χ3n) is 5.65.